The second kappa shape index (κ2) is 7.64. The molecule has 0 spiro atoms. The van der Waals surface area contributed by atoms with Crippen LogP contribution in [0.1, 0.15) is 26.3 Å². The molecule has 2 aromatic rings. The van der Waals surface area contributed by atoms with Gasteiger partial charge < -0.3 is 10.2 Å². The number of carbonyl (C=O) groups is 1. The molecule has 0 aliphatic carbocycles. The van der Waals surface area contributed by atoms with Crippen molar-refractivity contribution >= 4 is 38.9 Å². The molecule has 1 saturated heterocycles. The minimum atomic E-state index is -3.73. The highest BCUT2D eigenvalue weighted by Gasteiger charge is 2.21. The van der Waals surface area contributed by atoms with Crippen LogP contribution in [0.3, 0.4) is 0 Å². The van der Waals surface area contributed by atoms with Gasteiger partial charge in [0.05, 0.1) is 27.8 Å². The van der Waals surface area contributed by atoms with Crippen molar-refractivity contribution in [2.24, 2.45) is 0 Å². The first kappa shape index (κ1) is 20.5. The lowest BCUT2D eigenvalue weighted by Crippen LogP contribution is -2.47. The maximum atomic E-state index is 12.7. The minimum Gasteiger partial charge on any atom is -0.359 e. The molecule has 1 heterocycles. The van der Waals surface area contributed by atoms with Gasteiger partial charge in [-0.25, -0.2) is 8.42 Å². The summed E-state index contributed by atoms with van der Waals surface area (Å²) in [6.07, 6.45) is 0. The first-order valence-corrected chi connectivity index (χ1v) is 10.9. The molecule has 0 bridgehead atoms. The average Bonchev–Trinajstić information content (AvgIpc) is 2.61. The quantitative estimate of drug-likeness (QED) is 0.793. The smallest absolute Gasteiger partial charge is 0.261 e. The van der Waals surface area contributed by atoms with E-state index in [4.69, 9.17) is 11.6 Å². The molecule has 2 aromatic carbocycles. The van der Waals surface area contributed by atoms with Crippen molar-refractivity contribution in [2.75, 3.05) is 29.3 Å². The first-order valence-electron chi connectivity index (χ1n) is 9.01. The van der Waals surface area contributed by atoms with Crippen molar-refractivity contribution < 1.29 is 13.2 Å². The monoisotopic (exact) mass is 421 g/mol. The van der Waals surface area contributed by atoms with Crippen LogP contribution < -0.4 is 14.9 Å². The van der Waals surface area contributed by atoms with Crippen LogP contribution >= 0.6 is 11.6 Å². The van der Waals surface area contributed by atoms with Crippen LogP contribution in [-0.2, 0) is 20.2 Å². The van der Waals surface area contributed by atoms with E-state index in [1.54, 1.807) is 30.3 Å². The number of nitrogens with one attached hydrogen (secondary N) is 2. The maximum absolute atomic E-state index is 12.7. The van der Waals surface area contributed by atoms with E-state index in [1.165, 1.54) is 0 Å². The number of carbonyl (C=O) groups excluding carboxylic acids is 1. The summed E-state index contributed by atoms with van der Waals surface area (Å²) < 4.78 is 27.9. The van der Waals surface area contributed by atoms with E-state index in [0.717, 1.165) is 5.56 Å². The fourth-order valence-corrected chi connectivity index (χ4v) is 4.37. The van der Waals surface area contributed by atoms with Crippen molar-refractivity contribution in [3.63, 3.8) is 0 Å². The van der Waals surface area contributed by atoms with Gasteiger partial charge in [0, 0.05) is 13.1 Å². The van der Waals surface area contributed by atoms with Gasteiger partial charge >= 0.3 is 0 Å². The zero-order chi connectivity index (χ0) is 20.5. The molecular weight excluding hydrogens is 398 g/mol. The van der Waals surface area contributed by atoms with Gasteiger partial charge in [-0.1, -0.05) is 44.5 Å². The number of hydrogen-bond acceptors (Lipinski definition) is 4. The zero-order valence-electron chi connectivity index (χ0n) is 16.1. The van der Waals surface area contributed by atoms with Crippen LogP contribution in [0.5, 0.6) is 0 Å². The average molecular weight is 422 g/mol. The van der Waals surface area contributed by atoms with E-state index >= 15 is 0 Å². The van der Waals surface area contributed by atoms with Crippen molar-refractivity contribution in [3.05, 3.63) is 53.1 Å². The maximum Gasteiger partial charge on any atom is 0.261 e. The van der Waals surface area contributed by atoms with Gasteiger partial charge in [-0.3, -0.25) is 9.52 Å². The first-order chi connectivity index (χ1) is 13.1. The Morgan fingerprint density at radius 3 is 2.36 bits per heavy atom. The summed E-state index contributed by atoms with van der Waals surface area (Å²) in [6, 6.07) is 11.8. The van der Waals surface area contributed by atoms with Gasteiger partial charge in [0.1, 0.15) is 0 Å². The lowest BCUT2D eigenvalue weighted by Gasteiger charge is -2.29. The van der Waals surface area contributed by atoms with Gasteiger partial charge in [-0.15, -0.1) is 0 Å². The summed E-state index contributed by atoms with van der Waals surface area (Å²) in [5.74, 6) is -0.0641. The number of hydrogen-bond donors (Lipinski definition) is 2. The van der Waals surface area contributed by atoms with Gasteiger partial charge in [-0.2, -0.15) is 0 Å². The number of piperazine rings is 1. The van der Waals surface area contributed by atoms with Crippen molar-refractivity contribution in [1.29, 1.82) is 0 Å². The number of nitrogens with zero attached hydrogens (tertiary/aromatic N) is 1. The molecule has 6 nitrogen and oxygen atoms in total. The molecule has 1 amide bonds. The molecule has 1 aliphatic heterocycles. The number of sulfonamides is 1. The fourth-order valence-electron chi connectivity index (χ4n) is 3.02. The van der Waals surface area contributed by atoms with E-state index in [1.807, 2.05) is 17.0 Å². The van der Waals surface area contributed by atoms with Crippen LogP contribution in [0.4, 0.5) is 11.4 Å². The number of halogens is 1. The Kier molecular flexibility index (Phi) is 5.59. The summed E-state index contributed by atoms with van der Waals surface area (Å²) >= 11 is 6.35. The molecule has 2 N–H and O–H groups in total. The fraction of sp³-hybridized carbons (Fsp3) is 0.350. The lowest BCUT2D eigenvalue weighted by atomic mass is 9.87. The Morgan fingerprint density at radius 2 is 1.79 bits per heavy atom. The van der Waals surface area contributed by atoms with Crippen molar-refractivity contribution in [1.82, 2.24) is 5.32 Å². The third-order valence-corrected chi connectivity index (χ3v) is 6.31. The second-order valence-electron chi connectivity index (χ2n) is 7.82. The third kappa shape index (κ3) is 4.59. The van der Waals surface area contributed by atoms with Crippen LogP contribution in [0.15, 0.2) is 47.4 Å². The van der Waals surface area contributed by atoms with E-state index < -0.39 is 10.0 Å². The number of amides is 1. The summed E-state index contributed by atoms with van der Waals surface area (Å²) in [7, 11) is -3.73. The van der Waals surface area contributed by atoms with E-state index in [2.05, 4.69) is 30.8 Å². The third-order valence-electron chi connectivity index (χ3n) is 4.61. The van der Waals surface area contributed by atoms with Crippen LogP contribution in [0, 0.1) is 0 Å². The van der Waals surface area contributed by atoms with E-state index in [9.17, 15) is 13.2 Å². The standard InChI is InChI=1S/C20H24ClN3O3S/c1-20(2,3)14-4-7-16(8-5-14)28(26,27)23-15-6-9-18(17(21)12-15)24-11-10-22-19(25)13-24/h4-9,12,23H,10-11,13H2,1-3H3,(H,22,25). The van der Waals surface area contributed by atoms with Crippen LogP contribution in [-0.4, -0.2) is 34.0 Å². The van der Waals surface area contributed by atoms with Gasteiger partial charge in [0.15, 0.2) is 0 Å². The summed E-state index contributed by atoms with van der Waals surface area (Å²) in [4.78, 5) is 13.6. The van der Waals surface area contributed by atoms with Gasteiger partial charge in [0.25, 0.3) is 10.0 Å². The minimum absolute atomic E-state index is 0.0512. The SMILES string of the molecule is CC(C)(C)c1ccc(S(=O)(=O)Nc2ccc(N3CCNC(=O)C3)c(Cl)c2)cc1. The Hall–Kier alpha value is -2.25. The summed E-state index contributed by atoms with van der Waals surface area (Å²) in [5.41, 5.74) is 2.08. The summed E-state index contributed by atoms with van der Waals surface area (Å²) in [6.45, 7) is 7.65. The normalized spacial score (nSPS) is 15.3. The molecule has 28 heavy (non-hydrogen) atoms. The number of anilines is 2. The molecule has 0 saturated carbocycles. The van der Waals surface area contributed by atoms with E-state index in [0.29, 0.717) is 29.5 Å². The molecule has 0 unspecified atom stereocenters. The Bertz CT molecular complexity index is 983. The molecule has 0 aromatic heterocycles. The second-order valence-corrected chi connectivity index (χ2v) is 9.91. The Balaban J connectivity index is 1.79. The van der Waals surface area contributed by atoms with Crippen LogP contribution in [0.2, 0.25) is 5.02 Å². The largest absolute Gasteiger partial charge is 0.359 e. The highest BCUT2D eigenvalue weighted by atomic mass is 35.5. The Labute approximate surface area is 170 Å². The summed E-state index contributed by atoms with van der Waals surface area (Å²) in [5, 5.41) is 3.15. The molecule has 3 rings (SSSR count). The lowest BCUT2D eigenvalue weighted by molar-refractivity contribution is -0.120. The highest BCUT2D eigenvalue weighted by molar-refractivity contribution is 7.92. The highest BCUT2D eigenvalue weighted by Crippen LogP contribution is 2.30. The van der Waals surface area contributed by atoms with E-state index in [-0.39, 0.29) is 22.8 Å². The van der Waals surface area contributed by atoms with Crippen LogP contribution in [0.25, 0.3) is 0 Å². The van der Waals surface area contributed by atoms with Crippen molar-refractivity contribution in [2.45, 2.75) is 31.1 Å². The number of rotatable bonds is 4. The molecular formula is C20H24ClN3O3S. The van der Waals surface area contributed by atoms with Gasteiger partial charge in [0.2, 0.25) is 5.91 Å². The van der Waals surface area contributed by atoms with Crippen molar-refractivity contribution in [3.8, 4) is 0 Å². The predicted molar refractivity (Wildman–Crippen MR) is 113 cm³/mol. The molecule has 1 aliphatic rings. The Morgan fingerprint density at radius 1 is 1.11 bits per heavy atom. The zero-order valence-corrected chi connectivity index (χ0v) is 17.7. The molecule has 1 fully saturated rings. The topological polar surface area (TPSA) is 78.5 Å². The molecule has 8 heteroatoms. The number of benzene rings is 2. The van der Waals surface area contributed by atoms with Gasteiger partial charge in [-0.05, 0) is 41.3 Å². The molecule has 150 valence electrons. The predicted octanol–water partition coefficient (Wildman–Crippen LogP) is 3.37. The molecule has 0 atom stereocenters. The molecule has 0 radical (unpaired) electrons.